The van der Waals surface area contributed by atoms with Gasteiger partial charge in [-0.2, -0.15) is 0 Å². The van der Waals surface area contributed by atoms with Gasteiger partial charge >= 0.3 is 107 Å². The average molecular weight is 342 g/mol. The van der Waals surface area contributed by atoms with E-state index < -0.39 is 0 Å². The summed E-state index contributed by atoms with van der Waals surface area (Å²) in [5.41, 5.74) is 0. The zero-order chi connectivity index (χ0) is 0. The van der Waals surface area contributed by atoms with E-state index in [9.17, 15) is 0 Å². The fraction of sp³-hybridized carbons (Fsp3) is 0. The molecule has 0 saturated heterocycles. The van der Waals surface area contributed by atoms with Crippen molar-refractivity contribution in [2.75, 3.05) is 0 Å². The maximum absolute atomic E-state index is 0. The monoisotopic (exact) mass is 342 g/mol. The molecule has 0 heterocycles. The number of hydrogen-bond donors (Lipinski definition) is 0. The van der Waals surface area contributed by atoms with Crippen LogP contribution in [0.1, 0.15) is 0 Å². The number of rotatable bonds is 0. The Kier molecular flexibility index (Phi) is 9880. The van der Waals surface area contributed by atoms with E-state index in [0.29, 0.717) is 0 Å². The van der Waals surface area contributed by atoms with Crippen molar-refractivity contribution in [3.8, 4) is 0 Å². The summed E-state index contributed by atoms with van der Waals surface area (Å²) < 4.78 is 0. The van der Waals surface area contributed by atoms with Gasteiger partial charge in [-0.05, 0) is 0 Å². The van der Waals surface area contributed by atoms with Gasteiger partial charge in [0.25, 0.3) is 0 Å². The van der Waals surface area contributed by atoms with E-state index >= 15 is 0 Å². The van der Waals surface area contributed by atoms with E-state index in [0.717, 1.165) is 0 Å². The van der Waals surface area contributed by atoms with Gasteiger partial charge in [-0.3, -0.25) is 0 Å². The first kappa shape index (κ1) is 397. The predicted octanol–water partition coefficient (Wildman–Crippen LogP) is -6.83. The van der Waals surface area contributed by atoms with Crippen LogP contribution in [0.3, 0.4) is 0 Å². The van der Waals surface area contributed by atoms with Gasteiger partial charge in [0, 0.05) is 0 Å². The van der Waals surface area contributed by atoms with Gasteiger partial charge in [-0.1, -0.05) is 0 Å². The average Bonchev–Trinajstić information content (AvgIpc) is 0. The van der Waals surface area contributed by atoms with Crippen molar-refractivity contribution in [1.29, 1.82) is 0 Å². The summed E-state index contributed by atoms with van der Waals surface area (Å²) in [4.78, 5) is 0. The molecule has 0 aliphatic heterocycles. The molecular formula is Cr2Fe2Li2O7. The first-order valence-corrected chi connectivity index (χ1v) is 0. The van der Waals surface area contributed by atoms with Crippen LogP contribution in [0.2, 0.25) is 0 Å². The molecule has 0 fully saturated rings. The maximum Gasteiger partial charge on any atom is 3.00 e. The van der Waals surface area contributed by atoms with Crippen molar-refractivity contribution in [2.24, 2.45) is 0 Å². The fourth-order valence-corrected chi connectivity index (χ4v) is 0. The van der Waals surface area contributed by atoms with Crippen molar-refractivity contribution in [2.45, 2.75) is 0 Å². The van der Waals surface area contributed by atoms with E-state index in [4.69, 9.17) is 0 Å². The van der Waals surface area contributed by atoms with Crippen LogP contribution in [0.5, 0.6) is 0 Å². The van der Waals surface area contributed by atoms with Gasteiger partial charge in [-0.15, -0.1) is 0 Å². The molecule has 0 atom stereocenters. The first-order valence-electron chi connectivity index (χ1n) is 0. The third-order valence-electron chi connectivity index (χ3n) is 0. The van der Waals surface area contributed by atoms with E-state index in [1.807, 2.05) is 0 Å². The van der Waals surface area contributed by atoms with Gasteiger partial charge < -0.3 is 38.3 Å². The minimum atomic E-state index is 0. The Bertz CT molecular complexity index is 22.5. The van der Waals surface area contributed by atoms with Crippen molar-refractivity contribution in [1.82, 2.24) is 0 Å². The molecule has 0 aromatic heterocycles. The summed E-state index contributed by atoms with van der Waals surface area (Å²) in [7, 11) is 0. The quantitative estimate of drug-likeness (QED) is 0.377. The van der Waals surface area contributed by atoms with Gasteiger partial charge in [0.2, 0.25) is 0 Å². The van der Waals surface area contributed by atoms with Gasteiger partial charge in [0.15, 0.2) is 0 Å². The molecule has 0 aromatic rings. The van der Waals surface area contributed by atoms with Gasteiger partial charge in [-0.25, -0.2) is 0 Å². The van der Waals surface area contributed by atoms with Crippen LogP contribution in [0.4, 0.5) is 0 Å². The molecule has 7 nitrogen and oxygen atoms in total. The minimum Gasteiger partial charge on any atom is -2.00 e. The Morgan fingerprint density at radius 1 is 0.308 bits per heavy atom. The summed E-state index contributed by atoms with van der Waals surface area (Å²) in [5.74, 6) is 0. The summed E-state index contributed by atoms with van der Waals surface area (Å²) in [6.45, 7) is 0. The number of hydrogen-bond acceptors (Lipinski definition) is 0. The molecule has 72 valence electrons. The van der Waals surface area contributed by atoms with Crippen LogP contribution in [-0.4, -0.2) is 0 Å². The van der Waals surface area contributed by atoms with Crippen molar-refractivity contribution in [3.63, 3.8) is 0 Å². The van der Waals surface area contributed by atoms with Gasteiger partial charge in [0.05, 0.1) is 0 Å². The molecule has 0 bridgehead atoms. The largest absolute Gasteiger partial charge is 3.00 e. The molecule has 0 N–H and O–H groups in total. The summed E-state index contributed by atoms with van der Waals surface area (Å²) in [5, 5.41) is 0. The minimum absolute atomic E-state index is 0. The summed E-state index contributed by atoms with van der Waals surface area (Å²) in [6.07, 6.45) is 0. The SMILES string of the molecule is [Cr+3].[Cr+3].[Fe+3].[Fe+3].[Li+].[Li+].[O-2].[O-2].[O-2].[O-2].[O-2].[O-2].[O-2]. The zero-order valence-electron chi connectivity index (χ0n) is 6.38. The molecule has 0 aliphatic rings. The van der Waals surface area contributed by atoms with Gasteiger partial charge in [0.1, 0.15) is 0 Å². The Morgan fingerprint density at radius 2 is 0.308 bits per heavy atom. The van der Waals surface area contributed by atoms with E-state index in [-0.39, 0.29) is 145 Å². The van der Waals surface area contributed by atoms with Crippen LogP contribution in [0, 0.1) is 0 Å². The molecule has 0 unspecified atom stereocenters. The van der Waals surface area contributed by atoms with Crippen molar-refractivity contribution < 1.29 is 145 Å². The second-order valence-electron chi connectivity index (χ2n) is 0. The van der Waals surface area contributed by atoms with Crippen molar-refractivity contribution in [3.05, 3.63) is 0 Å². The Balaban J connectivity index is 0. The third kappa shape index (κ3) is 279. The Morgan fingerprint density at radius 3 is 0.308 bits per heavy atom. The molecule has 0 aliphatic carbocycles. The zero-order valence-corrected chi connectivity index (χ0v) is 11.1. The smallest absolute Gasteiger partial charge is 2.00 e. The fourth-order valence-electron chi connectivity index (χ4n) is 0. The van der Waals surface area contributed by atoms with Crippen LogP contribution in [0.15, 0.2) is 0 Å². The summed E-state index contributed by atoms with van der Waals surface area (Å²) >= 11 is 0. The maximum atomic E-state index is 0. The van der Waals surface area contributed by atoms with Crippen LogP contribution in [0.25, 0.3) is 0 Å². The molecule has 0 amide bonds. The van der Waals surface area contributed by atoms with Crippen molar-refractivity contribution >= 4 is 0 Å². The van der Waals surface area contributed by atoms with Crippen LogP contribution in [-0.2, 0) is 107 Å². The van der Waals surface area contributed by atoms with E-state index in [1.165, 1.54) is 0 Å². The Hall–Kier alpha value is 3.02. The first-order chi connectivity index (χ1) is 0. The van der Waals surface area contributed by atoms with Crippen LogP contribution < -0.4 is 37.7 Å². The molecule has 0 spiro atoms. The molecule has 0 aromatic carbocycles. The van der Waals surface area contributed by atoms with E-state index in [2.05, 4.69) is 0 Å². The Labute approximate surface area is 143 Å². The second-order valence-corrected chi connectivity index (χ2v) is 0. The van der Waals surface area contributed by atoms with E-state index in [1.54, 1.807) is 0 Å². The predicted molar refractivity (Wildman–Crippen MR) is 4.81 cm³/mol. The third-order valence-corrected chi connectivity index (χ3v) is 0. The van der Waals surface area contributed by atoms with Crippen LogP contribution >= 0.6 is 0 Å². The molecule has 0 saturated carbocycles. The standard InChI is InChI=1S/2Cr.2Fe.2Li.7O/q4*+3;2*+1;7*-2. The topological polar surface area (TPSA) is 200 Å². The molecule has 4 radical (unpaired) electrons. The summed E-state index contributed by atoms with van der Waals surface area (Å²) in [6, 6.07) is 0. The molecule has 0 rings (SSSR count). The molecule has 13 heavy (non-hydrogen) atoms. The molecule has 13 heteroatoms. The second kappa shape index (κ2) is 324. The molecular weight excluding hydrogens is 342 g/mol. The normalized spacial score (nSPS) is 0.